The minimum Gasteiger partial charge on any atom is -0.396 e. The highest BCUT2D eigenvalue weighted by atomic mass is 31.2. The maximum Gasteiger partial charge on any atom is 0.469 e. The minimum atomic E-state index is -5.07. The molecule has 0 aliphatic heterocycles. The largest absolute Gasteiger partial charge is 0.469 e. The molecule has 51 heavy (non-hydrogen) atoms. The Morgan fingerprint density at radius 3 is 1.45 bits per heavy atom. The van der Waals surface area contributed by atoms with Gasteiger partial charge in [-0.05, 0) is 27.7 Å². The van der Waals surface area contributed by atoms with Crippen LogP contribution < -0.4 is 27.0 Å². The SMILES string of the molecule is C[C@H](CO)NC(=O)[C@H](C)CC(=O)[C@H](C)NC(=O)[C@H](CO)CC(=O)[C@H](C)NC(=O)[C@H](C)CC(=O)[C@H](COP(=O)(O)O)NC(=O)[C@H](C)CC(=O)[C@H](C)N. The fourth-order valence-electron chi connectivity index (χ4n) is 4.33. The Hall–Kier alpha value is -3.45. The number of nitrogens with two attached hydrogens (primary N) is 1. The molecule has 0 heterocycles. The van der Waals surface area contributed by atoms with Gasteiger partial charge in [-0.3, -0.25) is 42.9 Å². The molecule has 292 valence electrons. The van der Waals surface area contributed by atoms with E-state index >= 15 is 0 Å². The van der Waals surface area contributed by atoms with Gasteiger partial charge >= 0.3 is 7.82 Å². The summed E-state index contributed by atoms with van der Waals surface area (Å²) in [4.78, 5) is 119. The quantitative estimate of drug-likeness (QED) is 0.0447. The van der Waals surface area contributed by atoms with E-state index in [2.05, 4.69) is 25.8 Å². The maximum atomic E-state index is 13.0. The standard InChI is InChI=1S/C31H54N5O14P/c1-15(8-24(39)19(5)32)30(45)36-23(14-50-51(47,48)49)27(42)10-17(3)29(44)34-21(7)26(41)11-22(13-38)31(46)35-20(6)25(40)9-16(2)28(43)33-18(4)12-37/h15-23,37-38H,8-14,32H2,1-7H3,(H,33,43)(H,34,44)(H,35,46)(H,36,45)(H2,47,48,49)/t15-,16-,17-,18-,19+,20+,21+,22+,23+/m1/s1. The van der Waals surface area contributed by atoms with Crippen molar-refractivity contribution in [2.45, 2.75) is 104 Å². The van der Waals surface area contributed by atoms with E-state index in [-0.39, 0.29) is 19.4 Å². The maximum absolute atomic E-state index is 13.0. The summed E-state index contributed by atoms with van der Waals surface area (Å²) >= 11 is 0. The summed E-state index contributed by atoms with van der Waals surface area (Å²) < 4.78 is 15.7. The van der Waals surface area contributed by atoms with Crippen LogP contribution in [-0.2, 0) is 47.4 Å². The van der Waals surface area contributed by atoms with Crippen LogP contribution in [0.1, 0.15) is 74.1 Å². The van der Waals surface area contributed by atoms with Gasteiger partial charge in [-0.25, -0.2) is 4.57 Å². The Labute approximate surface area is 296 Å². The summed E-state index contributed by atoms with van der Waals surface area (Å²) in [6, 6.07) is -5.24. The summed E-state index contributed by atoms with van der Waals surface area (Å²) in [5.41, 5.74) is 5.51. The van der Waals surface area contributed by atoms with Crippen molar-refractivity contribution < 1.29 is 67.4 Å². The molecule has 20 heteroatoms. The van der Waals surface area contributed by atoms with E-state index in [1.165, 1.54) is 41.5 Å². The van der Waals surface area contributed by atoms with Gasteiger partial charge in [0.15, 0.2) is 17.3 Å². The summed E-state index contributed by atoms with van der Waals surface area (Å²) in [6.45, 7) is 7.88. The number of carbonyl (C=O) groups excluding carboxylic acids is 8. The number of Topliss-reactive ketones (excluding diaryl/α,β-unsaturated/α-hetero) is 4. The van der Waals surface area contributed by atoms with Crippen molar-refractivity contribution in [2.75, 3.05) is 19.8 Å². The summed E-state index contributed by atoms with van der Waals surface area (Å²) in [7, 11) is -5.07. The number of rotatable bonds is 25. The lowest BCUT2D eigenvalue weighted by Gasteiger charge is -2.23. The van der Waals surface area contributed by atoms with E-state index < -0.39 is 135 Å². The lowest BCUT2D eigenvalue weighted by molar-refractivity contribution is -0.136. The fraction of sp³-hybridized carbons (Fsp3) is 0.742. The first-order valence-electron chi connectivity index (χ1n) is 16.4. The lowest BCUT2D eigenvalue weighted by Crippen LogP contribution is -2.48. The van der Waals surface area contributed by atoms with Gasteiger partial charge in [0.1, 0.15) is 11.8 Å². The van der Waals surface area contributed by atoms with Gasteiger partial charge in [-0.2, -0.15) is 0 Å². The van der Waals surface area contributed by atoms with Crippen molar-refractivity contribution in [2.24, 2.45) is 29.4 Å². The highest BCUT2D eigenvalue weighted by Crippen LogP contribution is 2.35. The molecule has 0 aromatic heterocycles. The van der Waals surface area contributed by atoms with Gasteiger partial charge in [-0.15, -0.1) is 0 Å². The van der Waals surface area contributed by atoms with E-state index in [0.717, 1.165) is 0 Å². The van der Waals surface area contributed by atoms with Crippen LogP contribution in [0.3, 0.4) is 0 Å². The van der Waals surface area contributed by atoms with Crippen LogP contribution in [0.4, 0.5) is 0 Å². The highest BCUT2D eigenvalue weighted by molar-refractivity contribution is 7.46. The number of phosphoric ester groups is 1. The van der Waals surface area contributed by atoms with Crippen molar-refractivity contribution in [3.63, 3.8) is 0 Å². The molecule has 0 radical (unpaired) electrons. The normalized spacial score (nSPS) is 16.9. The van der Waals surface area contributed by atoms with E-state index in [0.29, 0.717) is 0 Å². The first-order valence-corrected chi connectivity index (χ1v) is 18.0. The van der Waals surface area contributed by atoms with Crippen LogP contribution in [0, 0.1) is 23.7 Å². The van der Waals surface area contributed by atoms with E-state index in [9.17, 15) is 48.0 Å². The van der Waals surface area contributed by atoms with Crippen LogP contribution in [0.15, 0.2) is 0 Å². The second-order valence-corrected chi connectivity index (χ2v) is 14.2. The molecule has 0 aromatic carbocycles. The topological polar surface area (TPSA) is 318 Å². The first-order chi connectivity index (χ1) is 23.4. The van der Waals surface area contributed by atoms with Gasteiger partial charge in [0.05, 0.1) is 43.9 Å². The van der Waals surface area contributed by atoms with Crippen LogP contribution in [-0.4, -0.2) is 117 Å². The molecule has 9 atom stereocenters. The second kappa shape index (κ2) is 22.5. The number of amides is 4. The second-order valence-electron chi connectivity index (χ2n) is 13.0. The van der Waals surface area contributed by atoms with Gasteiger partial charge in [-0.1, -0.05) is 20.8 Å². The number of hydrogen-bond acceptors (Lipinski definition) is 13. The first kappa shape index (κ1) is 47.5. The molecule has 10 N–H and O–H groups in total. The molecule has 0 aliphatic carbocycles. The molecule has 0 rings (SSSR count). The van der Waals surface area contributed by atoms with Crippen LogP contribution in [0.2, 0.25) is 0 Å². The van der Waals surface area contributed by atoms with E-state index in [1.54, 1.807) is 6.92 Å². The third-order valence-electron chi connectivity index (χ3n) is 7.87. The van der Waals surface area contributed by atoms with Gasteiger partial charge in [0.2, 0.25) is 23.6 Å². The Morgan fingerprint density at radius 2 is 1.00 bits per heavy atom. The van der Waals surface area contributed by atoms with Crippen molar-refractivity contribution >= 4 is 54.6 Å². The number of hydrogen-bond donors (Lipinski definition) is 9. The fourth-order valence-corrected chi connectivity index (χ4v) is 4.67. The zero-order valence-corrected chi connectivity index (χ0v) is 30.9. The molecule has 0 fully saturated rings. The van der Waals surface area contributed by atoms with E-state index in [1.807, 2.05) is 0 Å². The van der Waals surface area contributed by atoms with Crippen molar-refractivity contribution in [3.05, 3.63) is 0 Å². The smallest absolute Gasteiger partial charge is 0.396 e. The summed E-state index contributed by atoms with van der Waals surface area (Å²) in [5, 5.41) is 28.5. The molecule has 19 nitrogen and oxygen atoms in total. The van der Waals surface area contributed by atoms with Gasteiger partial charge in [0, 0.05) is 49.5 Å². The van der Waals surface area contributed by atoms with Crippen molar-refractivity contribution in [1.82, 2.24) is 21.3 Å². The van der Waals surface area contributed by atoms with Gasteiger partial charge < -0.3 is 47.0 Å². The lowest BCUT2D eigenvalue weighted by atomic mass is 9.95. The average Bonchev–Trinajstić information content (AvgIpc) is 3.03. The zero-order valence-electron chi connectivity index (χ0n) is 30.0. The number of phosphoric acid groups is 1. The molecule has 0 unspecified atom stereocenters. The van der Waals surface area contributed by atoms with Gasteiger partial charge in [0.25, 0.3) is 0 Å². The van der Waals surface area contributed by atoms with Crippen LogP contribution >= 0.6 is 7.82 Å². The molecule has 4 amide bonds. The molecular formula is C31H54N5O14P. The van der Waals surface area contributed by atoms with Crippen LogP contribution in [0.5, 0.6) is 0 Å². The number of nitrogens with one attached hydrogen (secondary N) is 4. The predicted octanol–water partition coefficient (Wildman–Crippen LogP) is -2.21. The summed E-state index contributed by atoms with van der Waals surface area (Å²) in [6.07, 6.45) is -1.59. The third-order valence-corrected chi connectivity index (χ3v) is 8.36. The molecule has 0 bridgehead atoms. The Morgan fingerprint density at radius 1 is 0.588 bits per heavy atom. The molecule has 0 saturated carbocycles. The Bertz CT molecular complexity index is 1310. The molecule has 0 saturated heterocycles. The molecular weight excluding hydrogens is 697 g/mol. The molecule has 0 aromatic rings. The Balaban J connectivity index is 5.30. The number of aliphatic hydroxyl groups is 2. The average molecular weight is 752 g/mol. The third kappa shape index (κ3) is 18.6. The number of carbonyl (C=O) groups is 8. The van der Waals surface area contributed by atoms with Crippen molar-refractivity contribution in [3.8, 4) is 0 Å². The molecule has 0 spiro atoms. The van der Waals surface area contributed by atoms with E-state index in [4.69, 9.17) is 20.6 Å². The molecule has 0 aliphatic rings. The monoisotopic (exact) mass is 751 g/mol. The van der Waals surface area contributed by atoms with Crippen LogP contribution in [0.25, 0.3) is 0 Å². The number of aliphatic hydroxyl groups excluding tert-OH is 2. The highest BCUT2D eigenvalue weighted by Gasteiger charge is 2.32. The zero-order chi connectivity index (χ0) is 39.8. The summed E-state index contributed by atoms with van der Waals surface area (Å²) in [5.74, 6) is -9.46. The van der Waals surface area contributed by atoms with Crippen molar-refractivity contribution in [1.29, 1.82) is 0 Å². The minimum absolute atomic E-state index is 0.226. The number of ketones is 4. The predicted molar refractivity (Wildman–Crippen MR) is 180 cm³/mol. The Kier molecular flexibility index (Phi) is 21.0.